The summed E-state index contributed by atoms with van der Waals surface area (Å²) in [5.74, 6) is 1.04. The molecule has 1 aromatic heterocycles. The van der Waals surface area contributed by atoms with Crippen LogP contribution >= 0.6 is 0 Å². The van der Waals surface area contributed by atoms with E-state index in [1.807, 2.05) is 36.7 Å². The van der Waals surface area contributed by atoms with E-state index >= 15 is 0 Å². The number of allylic oxidation sites excluding steroid dienone is 1. The third-order valence-corrected chi connectivity index (χ3v) is 8.10. The van der Waals surface area contributed by atoms with Crippen LogP contribution in [0.15, 0.2) is 43.0 Å². The van der Waals surface area contributed by atoms with E-state index in [2.05, 4.69) is 17.5 Å². The van der Waals surface area contributed by atoms with Gasteiger partial charge < -0.3 is 24.0 Å². The van der Waals surface area contributed by atoms with Gasteiger partial charge in [0.1, 0.15) is 23.3 Å². The molecule has 1 amide bonds. The molecular formula is C34H45N3O6. The van der Waals surface area contributed by atoms with Gasteiger partial charge in [-0.25, -0.2) is 9.78 Å². The summed E-state index contributed by atoms with van der Waals surface area (Å²) >= 11 is 0. The van der Waals surface area contributed by atoms with Gasteiger partial charge in [0.15, 0.2) is 0 Å². The van der Waals surface area contributed by atoms with Crippen LogP contribution in [0, 0.1) is 36.5 Å². The number of carbonyl (C=O) groups excluding carboxylic acids is 3. The molecule has 2 aromatic rings. The van der Waals surface area contributed by atoms with Gasteiger partial charge in [0.25, 0.3) is 0 Å². The number of aryl methyl sites for hydroxylation is 2. The summed E-state index contributed by atoms with van der Waals surface area (Å²) in [6, 6.07) is 5.73. The topological polar surface area (TPSA) is 111 Å². The predicted octanol–water partition coefficient (Wildman–Crippen LogP) is 5.45. The molecule has 9 nitrogen and oxygen atoms in total. The van der Waals surface area contributed by atoms with Gasteiger partial charge in [-0.15, -0.1) is 13.0 Å². The lowest BCUT2D eigenvalue weighted by Crippen LogP contribution is -2.40. The number of ether oxygens (including phenoxy) is 2. The Labute approximate surface area is 254 Å². The number of carbonyl (C=O) groups is 3. The second-order valence-electron chi connectivity index (χ2n) is 12.5. The Balaban J connectivity index is 2.03. The molecule has 9 heteroatoms. The summed E-state index contributed by atoms with van der Waals surface area (Å²) < 4.78 is 13.6. The molecule has 5 atom stereocenters. The van der Waals surface area contributed by atoms with Crippen LogP contribution in [0.25, 0.3) is 11.0 Å². The number of Topliss-reactive ketones (excluding diaryl/α,β-unsaturated/α-hetero) is 1. The van der Waals surface area contributed by atoms with Crippen LogP contribution in [0.5, 0.6) is 0 Å². The normalized spacial score (nSPS) is 27.3. The van der Waals surface area contributed by atoms with Gasteiger partial charge in [-0.3, -0.25) is 9.59 Å². The molecule has 0 spiro atoms. The van der Waals surface area contributed by atoms with Crippen molar-refractivity contribution in [3.8, 4) is 12.3 Å². The Morgan fingerprint density at radius 2 is 2.02 bits per heavy atom. The number of fused-ring (bicyclic) bond motifs is 1. The van der Waals surface area contributed by atoms with Crippen LogP contribution in [0.1, 0.15) is 71.4 Å². The monoisotopic (exact) mass is 591 g/mol. The van der Waals surface area contributed by atoms with Crippen molar-refractivity contribution in [2.24, 2.45) is 24.3 Å². The lowest BCUT2D eigenvalue weighted by molar-refractivity contribution is -0.150. The number of esters is 1. The molecule has 1 aliphatic heterocycles. The number of aliphatic hydroxyl groups excluding tert-OH is 1. The van der Waals surface area contributed by atoms with Crippen LogP contribution in [0.3, 0.4) is 0 Å². The number of ketones is 1. The highest BCUT2D eigenvalue weighted by Gasteiger charge is 2.38. The van der Waals surface area contributed by atoms with Gasteiger partial charge in [0.05, 0.1) is 23.1 Å². The molecule has 1 aliphatic rings. The van der Waals surface area contributed by atoms with Gasteiger partial charge in [0, 0.05) is 44.3 Å². The minimum atomic E-state index is -1.17. The first-order chi connectivity index (χ1) is 20.1. The number of aromatic nitrogens is 2. The van der Waals surface area contributed by atoms with Crippen LogP contribution in [0.4, 0.5) is 4.79 Å². The molecule has 232 valence electrons. The number of terminal acetylenes is 1. The van der Waals surface area contributed by atoms with Crippen LogP contribution in [-0.2, 0) is 26.1 Å². The summed E-state index contributed by atoms with van der Waals surface area (Å²) in [7, 11) is 1.94. The maximum Gasteiger partial charge on any atom is 0.410 e. The molecule has 0 radical (unpaired) electrons. The number of imidazole rings is 1. The van der Waals surface area contributed by atoms with Gasteiger partial charge in [0.2, 0.25) is 0 Å². The third kappa shape index (κ3) is 8.14. The second-order valence-corrected chi connectivity index (χ2v) is 12.5. The van der Waals surface area contributed by atoms with Crippen molar-refractivity contribution in [3.05, 3.63) is 54.4 Å². The van der Waals surface area contributed by atoms with Gasteiger partial charge in [-0.2, -0.15) is 0 Å². The highest BCUT2D eigenvalue weighted by molar-refractivity contribution is 5.89. The summed E-state index contributed by atoms with van der Waals surface area (Å²) in [5.41, 5.74) is 0.652. The van der Waals surface area contributed by atoms with E-state index in [-0.39, 0.29) is 38.1 Å². The molecular weight excluding hydrogens is 546 g/mol. The molecule has 0 aliphatic carbocycles. The molecule has 1 N–H and O–H groups in total. The minimum absolute atomic E-state index is 0.0488. The molecule has 0 fully saturated rings. The van der Waals surface area contributed by atoms with E-state index in [0.717, 1.165) is 22.4 Å². The molecule has 1 aromatic carbocycles. The van der Waals surface area contributed by atoms with E-state index in [4.69, 9.17) is 15.9 Å². The zero-order chi connectivity index (χ0) is 32.1. The fourth-order valence-corrected chi connectivity index (χ4v) is 5.18. The molecule has 0 saturated carbocycles. The zero-order valence-corrected chi connectivity index (χ0v) is 26.4. The van der Waals surface area contributed by atoms with Crippen molar-refractivity contribution in [3.63, 3.8) is 0 Å². The quantitative estimate of drug-likeness (QED) is 0.281. The maximum absolute atomic E-state index is 13.5. The molecule has 3 rings (SSSR count). The fraction of sp³-hybridized carbons (Fsp3) is 0.529. The Kier molecular flexibility index (Phi) is 10.6. The Hall–Kier alpha value is -3.90. The summed E-state index contributed by atoms with van der Waals surface area (Å²) in [6.45, 7) is 14.8. The fourth-order valence-electron chi connectivity index (χ4n) is 5.18. The zero-order valence-electron chi connectivity index (χ0n) is 26.4. The molecule has 0 unspecified atom stereocenters. The van der Waals surface area contributed by atoms with E-state index in [9.17, 15) is 19.5 Å². The molecule has 0 saturated heterocycles. The van der Waals surface area contributed by atoms with Crippen LogP contribution in [-0.4, -0.2) is 62.2 Å². The second kappa shape index (κ2) is 13.6. The van der Waals surface area contributed by atoms with E-state index < -0.39 is 47.1 Å². The highest BCUT2D eigenvalue weighted by Crippen LogP contribution is 2.33. The number of benzene rings is 1. The standard InChI is InChI=1S/C34H45N3O6/c1-10-24-13-12-19-37(32(41)43-33(5,6)7)20-17-28(25-14-15-27-26(21-25)35-23(4)36(27)9)42-29(38)16-18-34(8,11-2)31(40)22(3)30(24)39/h1,11-15,21-22,24,28,30,39H,2,16-20H2,3-9H3/b13-12+/t22-,24+,28+,30-,34-/m1/s1. The summed E-state index contributed by atoms with van der Waals surface area (Å²) in [6.07, 6.45) is 8.58. The Morgan fingerprint density at radius 3 is 2.65 bits per heavy atom. The first-order valence-corrected chi connectivity index (χ1v) is 14.7. The highest BCUT2D eigenvalue weighted by atomic mass is 16.6. The third-order valence-electron chi connectivity index (χ3n) is 8.10. The molecule has 0 bridgehead atoms. The molecule has 43 heavy (non-hydrogen) atoms. The SMILES string of the molecule is C#C[C@H]1/C=C/CN(C(=O)OC(C)(C)C)CC[C@@H](c2ccc3c(c2)nc(C)n3C)OC(=O)CC[C@@](C)(C=C)C(=O)[C@H](C)[C@H]1O. The Morgan fingerprint density at radius 1 is 1.33 bits per heavy atom. The number of amides is 1. The average molecular weight is 592 g/mol. The van der Waals surface area contributed by atoms with Gasteiger partial charge in [-0.05, 0) is 58.7 Å². The van der Waals surface area contributed by atoms with Gasteiger partial charge >= 0.3 is 12.1 Å². The van der Waals surface area contributed by atoms with Gasteiger partial charge in [-0.1, -0.05) is 37.1 Å². The number of rotatable bonds is 2. The maximum atomic E-state index is 13.5. The summed E-state index contributed by atoms with van der Waals surface area (Å²) in [5, 5.41) is 11.0. The number of cyclic esters (lactones) is 1. The Bertz CT molecular complexity index is 1430. The smallest absolute Gasteiger partial charge is 0.410 e. The lowest BCUT2D eigenvalue weighted by atomic mass is 9.73. The van der Waals surface area contributed by atoms with Crippen molar-refractivity contribution >= 4 is 28.9 Å². The summed E-state index contributed by atoms with van der Waals surface area (Å²) in [4.78, 5) is 46.1. The largest absolute Gasteiger partial charge is 0.457 e. The lowest BCUT2D eigenvalue weighted by Gasteiger charge is -2.31. The first-order valence-electron chi connectivity index (χ1n) is 14.7. The van der Waals surface area contributed by atoms with Crippen molar-refractivity contribution in [1.29, 1.82) is 0 Å². The van der Waals surface area contributed by atoms with Crippen molar-refractivity contribution < 1.29 is 29.0 Å². The minimum Gasteiger partial charge on any atom is -0.457 e. The van der Waals surface area contributed by atoms with E-state index in [1.54, 1.807) is 46.8 Å². The number of hydrogen-bond acceptors (Lipinski definition) is 7. The number of aliphatic hydroxyl groups is 1. The predicted molar refractivity (Wildman–Crippen MR) is 166 cm³/mol. The van der Waals surface area contributed by atoms with Crippen LogP contribution < -0.4 is 0 Å². The van der Waals surface area contributed by atoms with Crippen molar-refractivity contribution in [2.45, 2.75) is 78.6 Å². The molecule has 2 heterocycles. The number of nitrogens with zero attached hydrogens (tertiary/aromatic N) is 3. The average Bonchev–Trinajstić information content (AvgIpc) is 3.24. The van der Waals surface area contributed by atoms with Crippen molar-refractivity contribution in [2.75, 3.05) is 13.1 Å². The van der Waals surface area contributed by atoms with Crippen molar-refractivity contribution in [1.82, 2.24) is 14.5 Å². The first kappa shape index (κ1) is 33.6. The van der Waals surface area contributed by atoms with Crippen LogP contribution in [0.2, 0.25) is 0 Å². The van der Waals surface area contributed by atoms with E-state index in [1.165, 1.54) is 11.0 Å². The van der Waals surface area contributed by atoms with E-state index in [0.29, 0.717) is 0 Å². The number of hydrogen-bond donors (Lipinski definition) is 1.